The molecule has 1 aliphatic carbocycles. The highest BCUT2D eigenvalue weighted by atomic mass is 32.1. The van der Waals surface area contributed by atoms with Gasteiger partial charge in [0, 0.05) is 23.9 Å². The summed E-state index contributed by atoms with van der Waals surface area (Å²) >= 11 is 1.67. The third-order valence-corrected chi connectivity index (χ3v) is 5.57. The van der Waals surface area contributed by atoms with Crippen LogP contribution in [-0.4, -0.2) is 38.7 Å². The Balaban J connectivity index is 1.33. The molecule has 1 saturated carbocycles. The van der Waals surface area contributed by atoms with Crippen LogP contribution in [0, 0.1) is 0 Å². The first-order chi connectivity index (χ1) is 11.2. The maximum atomic E-state index is 12.3. The highest BCUT2D eigenvalue weighted by Crippen LogP contribution is 2.39. The zero-order valence-electron chi connectivity index (χ0n) is 13.2. The number of carbonyl (C=O) groups is 1. The summed E-state index contributed by atoms with van der Waals surface area (Å²) in [5.74, 6) is 2.84. The van der Waals surface area contributed by atoms with E-state index in [1.807, 2.05) is 18.4 Å². The zero-order valence-corrected chi connectivity index (χ0v) is 14.1. The number of nitrogens with one attached hydrogen (secondary N) is 1. The van der Waals surface area contributed by atoms with Crippen molar-refractivity contribution in [1.29, 1.82) is 0 Å². The number of nitrogens with zero attached hydrogens (tertiary/aromatic N) is 4. The number of fused-ring (bicyclic) bond motifs is 1. The normalized spacial score (nSPS) is 19.3. The number of thiophene rings is 1. The summed E-state index contributed by atoms with van der Waals surface area (Å²) in [6.07, 6.45) is 2.48. The molecule has 2 aliphatic rings. The summed E-state index contributed by atoms with van der Waals surface area (Å²) in [4.78, 5) is 15.6. The standard InChI is InChI=1S/C16H21N5OS/c1-11(13-3-2-8-23-13)17-15(22)10-20-6-7-21-14(9-20)18-19-16(21)12-4-5-12/h2-3,8,11-12H,4-7,9-10H2,1H3,(H,17,22)/t11-/m1/s1. The summed E-state index contributed by atoms with van der Waals surface area (Å²) < 4.78 is 2.25. The third kappa shape index (κ3) is 3.16. The average molecular weight is 331 g/mol. The van der Waals surface area contributed by atoms with Gasteiger partial charge >= 0.3 is 0 Å². The molecule has 1 fully saturated rings. The average Bonchev–Trinajstić information content (AvgIpc) is 3.07. The van der Waals surface area contributed by atoms with Crippen molar-refractivity contribution < 1.29 is 4.79 Å². The molecular weight excluding hydrogens is 310 g/mol. The second-order valence-corrected chi connectivity index (χ2v) is 7.39. The number of amides is 1. The van der Waals surface area contributed by atoms with E-state index in [4.69, 9.17) is 0 Å². The molecule has 1 atom stereocenters. The molecule has 1 N–H and O–H groups in total. The second kappa shape index (κ2) is 6.05. The van der Waals surface area contributed by atoms with Gasteiger partial charge in [-0.25, -0.2) is 0 Å². The van der Waals surface area contributed by atoms with Crippen molar-refractivity contribution in [2.75, 3.05) is 13.1 Å². The Kier molecular flexibility index (Phi) is 3.90. The smallest absolute Gasteiger partial charge is 0.234 e. The summed E-state index contributed by atoms with van der Waals surface area (Å²) in [6.45, 7) is 4.92. The van der Waals surface area contributed by atoms with Crippen LogP contribution in [0.1, 0.15) is 48.3 Å². The van der Waals surface area contributed by atoms with E-state index in [-0.39, 0.29) is 11.9 Å². The highest BCUT2D eigenvalue weighted by molar-refractivity contribution is 7.10. The van der Waals surface area contributed by atoms with Gasteiger partial charge in [-0.05, 0) is 31.2 Å². The number of rotatable bonds is 5. The zero-order chi connectivity index (χ0) is 15.8. The maximum absolute atomic E-state index is 12.3. The molecule has 1 amide bonds. The molecule has 3 heterocycles. The first-order valence-electron chi connectivity index (χ1n) is 8.18. The van der Waals surface area contributed by atoms with Crippen LogP contribution >= 0.6 is 11.3 Å². The molecule has 122 valence electrons. The second-order valence-electron chi connectivity index (χ2n) is 6.42. The van der Waals surface area contributed by atoms with Gasteiger partial charge in [0.25, 0.3) is 0 Å². The Morgan fingerprint density at radius 3 is 3.04 bits per heavy atom. The molecule has 1 aliphatic heterocycles. The number of hydrogen-bond acceptors (Lipinski definition) is 5. The maximum Gasteiger partial charge on any atom is 0.234 e. The lowest BCUT2D eigenvalue weighted by molar-refractivity contribution is -0.123. The van der Waals surface area contributed by atoms with E-state index in [9.17, 15) is 4.79 Å². The summed E-state index contributed by atoms with van der Waals surface area (Å²) in [6, 6.07) is 4.13. The number of aromatic nitrogens is 3. The molecule has 0 unspecified atom stereocenters. The van der Waals surface area contributed by atoms with Gasteiger partial charge in [0.1, 0.15) is 11.6 Å². The van der Waals surface area contributed by atoms with Crippen LogP contribution in [0.4, 0.5) is 0 Å². The van der Waals surface area contributed by atoms with Crippen LogP contribution in [0.2, 0.25) is 0 Å². The van der Waals surface area contributed by atoms with Gasteiger partial charge in [0.15, 0.2) is 0 Å². The summed E-state index contributed by atoms with van der Waals surface area (Å²) in [5, 5.41) is 13.8. The molecule has 4 rings (SSSR count). The molecule has 6 nitrogen and oxygen atoms in total. The minimum absolute atomic E-state index is 0.0670. The van der Waals surface area contributed by atoms with Gasteiger partial charge in [0.2, 0.25) is 5.91 Å². The van der Waals surface area contributed by atoms with Gasteiger partial charge in [-0.3, -0.25) is 9.69 Å². The SMILES string of the molecule is C[C@@H](NC(=O)CN1CCn2c(nnc2C2CC2)C1)c1cccs1. The molecule has 0 aromatic carbocycles. The Labute approximate surface area is 139 Å². The van der Waals surface area contributed by atoms with E-state index in [1.54, 1.807) is 11.3 Å². The van der Waals surface area contributed by atoms with Crippen molar-refractivity contribution in [2.24, 2.45) is 0 Å². The fourth-order valence-electron chi connectivity index (χ4n) is 3.11. The lowest BCUT2D eigenvalue weighted by Crippen LogP contribution is -2.42. The van der Waals surface area contributed by atoms with Crippen LogP contribution in [0.3, 0.4) is 0 Å². The largest absolute Gasteiger partial charge is 0.348 e. The Morgan fingerprint density at radius 2 is 2.30 bits per heavy atom. The first kappa shape index (κ1) is 14.8. The van der Waals surface area contributed by atoms with E-state index in [0.717, 1.165) is 24.7 Å². The minimum atomic E-state index is 0.0670. The van der Waals surface area contributed by atoms with Crippen molar-refractivity contribution >= 4 is 17.2 Å². The molecule has 2 aromatic heterocycles. The quantitative estimate of drug-likeness (QED) is 0.909. The fraction of sp³-hybridized carbons (Fsp3) is 0.562. The molecule has 0 saturated heterocycles. The van der Waals surface area contributed by atoms with Crippen LogP contribution in [-0.2, 0) is 17.9 Å². The van der Waals surface area contributed by atoms with Crippen molar-refractivity contribution in [3.8, 4) is 0 Å². The Bertz CT molecular complexity index is 691. The highest BCUT2D eigenvalue weighted by Gasteiger charge is 2.32. The van der Waals surface area contributed by atoms with E-state index in [0.29, 0.717) is 19.0 Å². The van der Waals surface area contributed by atoms with E-state index in [1.165, 1.54) is 17.7 Å². The predicted octanol–water partition coefficient (Wildman–Crippen LogP) is 1.91. The molecule has 2 aromatic rings. The van der Waals surface area contributed by atoms with Crippen LogP contribution in [0.15, 0.2) is 17.5 Å². The molecule has 7 heteroatoms. The third-order valence-electron chi connectivity index (χ3n) is 4.52. The molecule has 0 spiro atoms. The van der Waals surface area contributed by atoms with Crippen molar-refractivity contribution in [3.05, 3.63) is 34.0 Å². The van der Waals surface area contributed by atoms with Gasteiger partial charge in [-0.1, -0.05) is 6.07 Å². The van der Waals surface area contributed by atoms with Gasteiger partial charge in [-0.15, -0.1) is 21.5 Å². The predicted molar refractivity (Wildman–Crippen MR) is 88.2 cm³/mol. The van der Waals surface area contributed by atoms with Gasteiger partial charge in [0.05, 0.1) is 19.1 Å². The molecule has 0 radical (unpaired) electrons. The van der Waals surface area contributed by atoms with Crippen molar-refractivity contribution in [3.63, 3.8) is 0 Å². The molecule has 0 bridgehead atoms. The summed E-state index contributed by atoms with van der Waals surface area (Å²) in [5.41, 5.74) is 0. The Morgan fingerprint density at radius 1 is 1.43 bits per heavy atom. The number of carbonyl (C=O) groups excluding carboxylic acids is 1. The van der Waals surface area contributed by atoms with Gasteiger partial charge < -0.3 is 9.88 Å². The first-order valence-corrected chi connectivity index (χ1v) is 9.06. The minimum Gasteiger partial charge on any atom is -0.348 e. The molecule has 23 heavy (non-hydrogen) atoms. The fourth-order valence-corrected chi connectivity index (χ4v) is 3.84. The van der Waals surface area contributed by atoms with E-state index < -0.39 is 0 Å². The van der Waals surface area contributed by atoms with Crippen molar-refractivity contribution in [1.82, 2.24) is 25.0 Å². The van der Waals surface area contributed by atoms with Crippen LogP contribution in [0.25, 0.3) is 0 Å². The van der Waals surface area contributed by atoms with Crippen molar-refractivity contribution in [2.45, 2.75) is 44.8 Å². The molecular formula is C16H21N5OS. The van der Waals surface area contributed by atoms with Gasteiger partial charge in [-0.2, -0.15) is 0 Å². The lowest BCUT2D eigenvalue weighted by Gasteiger charge is -2.27. The monoisotopic (exact) mass is 331 g/mol. The summed E-state index contributed by atoms with van der Waals surface area (Å²) in [7, 11) is 0. The number of hydrogen-bond donors (Lipinski definition) is 1. The van der Waals surface area contributed by atoms with Crippen LogP contribution < -0.4 is 5.32 Å². The topological polar surface area (TPSA) is 63.1 Å². The lowest BCUT2D eigenvalue weighted by atomic mass is 10.2. The Hall–Kier alpha value is -1.73. The van der Waals surface area contributed by atoms with E-state index in [2.05, 4.69) is 31.0 Å². The van der Waals surface area contributed by atoms with E-state index >= 15 is 0 Å². The van der Waals surface area contributed by atoms with Crippen LogP contribution in [0.5, 0.6) is 0 Å².